The highest BCUT2D eigenvalue weighted by atomic mass is 32.1. The van der Waals surface area contributed by atoms with Crippen molar-refractivity contribution in [3.63, 3.8) is 0 Å². The van der Waals surface area contributed by atoms with Crippen molar-refractivity contribution >= 4 is 42.2 Å². The molecule has 1 rings (SSSR count). The van der Waals surface area contributed by atoms with Gasteiger partial charge in [0.1, 0.15) is 0 Å². The number of aromatic carboxylic acids is 1. The Morgan fingerprint density at radius 3 is 1.92 bits per heavy atom. The van der Waals surface area contributed by atoms with Crippen LogP contribution in [-0.4, -0.2) is 11.1 Å². The maximum absolute atomic E-state index is 10.6. The van der Waals surface area contributed by atoms with Gasteiger partial charge in [-0.05, 0) is 18.2 Å². The van der Waals surface area contributed by atoms with Gasteiger partial charge in [0.05, 0.1) is 16.9 Å². The Bertz CT molecular complexity index is 353. The van der Waals surface area contributed by atoms with Gasteiger partial charge < -0.3 is 5.11 Å². The molecule has 0 radical (unpaired) electrons. The van der Waals surface area contributed by atoms with E-state index in [0.29, 0.717) is 11.4 Å². The quantitative estimate of drug-likeness (QED) is 0.833. The molecule has 0 amide bonds. The van der Waals surface area contributed by atoms with Crippen LogP contribution in [0.15, 0.2) is 26.9 Å². The van der Waals surface area contributed by atoms with E-state index in [1.54, 1.807) is 0 Å². The first-order chi connectivity index (χ1) is 6.17. The predicted molar refractivity (Wildman–Crippen MR) is 52.3 cm³/mol. The summed E-state index contributed by atoms with van der Waals surface area (Å²) in [5.74, 6) is -1.06. The molecule has 1 aromatic rings. The van der Waals surface area contributed by atoms with Crippen LogP contribution < -0.4 is 0 Å². The monoisotopic (exact) mass is 212 g/mol. The lowest BCUT2D eigenvalue weighted by Crippen LogP contribution is -1.94. The largest absolute Gasteiger partial charge is 0.478 e. The number of hydrogen-bond donors (Lipinski definition) is 1. The molecule has 0 aliphatic heterocycles. The average Bonchev–Trinajstić information content (AvgIpc) is 2.16. The SMILES string of the molecule is O=C(O)c1cc(N=S)cc(N=S)c1. The van der Waals surface area contributed by atoms with Crippen LogP contribution in [-0.2, 0) is 24.9 Å². The molecule has 0 atom stereocenters. The third kappa shape index (κ3) is 2.33. The molecule has 4 nitrogen and oxygen atoms in total. The molecular weight excluding hydrogens is 208 g/mol. The van der Waals surface area contributed by atoms with Crippen LogP contribution in [0.2, 0.25) is 0 Å². The number of carbonyl (C=O) groups is 1. The summed E-state index contributed by atoms with van der Waals surface area (Å²) in [4.78, 5) is 10.6. The smallest absolute Gasteiger partial charge is 0.335 e. The van der Waals surface area contributed by atoms with E-state index in [2.05, 4.69) is 33.6 Å². The lowest BCUT2D eigenvalue weighted by atomic mass is 10.2. The van der Waals surface area contributed by atoms with Crippen LogP contribution in [0, 0.1) is 0 Å². The van der Waals surface area contributed by atoms with E-state index in [-0.39, 0.29) is 5.56 Å². The summed E-state index contributed by atoms with van der Waals surface area (Å²) in [6.07, 6.45) is 0. The summed E-state index contributed by atoms with van der Waals surface area (Å²) < 4.78 is 6.87. The van der Waals surface area contributed by atoms with Crippen LogP contribution in [0.4, 0.5) is 11.4 Å². The fourth-order valence-corrected chi connectivity index (χ4v) is 1.03. The molecule has 0 fully saturated rings. The van der Waals surface area contributed by atoms with E-state index >= 15 is 0 Å². The Morgan fingerprint density at radius 1 is 1.15 bits per heavy atom. The van der Waals surface area contributed by atoms with Crippen molar-refractivity contribution in [3.8, 4) is 0 Å². The highest BCUT2D eigenvalue weighted by molar-refractivity contribution is 7.47. The van der Waals surface area contributed by atoms with Gasteiger partial charge in [-0.25, -0.2) is 4.79 Å². The molecule has 0 saturated carbocycles. The number of nitrogens with zero attached hydrogens (tertiary/aromatic N) is 2. The minimum Gasteiger partial charge on any atom is -0.478 e. The van der Waals surface area contributed by atoms with Gasteiger partial charge in [0.15, 0.2) is 0 Å². The summed E-state index contributed by atoms with van der Waals surface area (Å²) in [7, 11) is 0. The maximum Gasteiger partial charge on any atom is 0.335 e. The number of carboxylic acid groups (broad SMARTS) is 1. The van der Waals surface area contributed by atoms with Crippen LogP contribution in [0.5, 0.6) is 0 Å². The molecule has 0 aliphatic carbocycles. The summed E-state index contributed by atoms with van der Waals surface area (Å²) in [6.45, 7) is 0. The maximum atomic E-state index is 10.6. The highest BCUT2D eigenvalue weighted by Crippen LogP contribution is 2.23. The van der Waals surface area contributed by atoms with E-state index in [4.69, 9.17) is 5.11 Å². The van der Waals surface area contributed by atoms with E-state index in [1.165, 1.54) is 18.2 Å². The molecule has 0 bridgehead atoms. The Balaban J connectivity index is 3.30. The van der Waals surface area contributed by atoms with Crippen molar-refractivity contribution in [1.29, 1.82) is 0 Å². The molecule has 0 unspecified atom stereocenters. The van der Waals surface area contributed by atoms with Crippen molar-refractivity contribution in [3.05, 3.63) is 23.8 Å². The second kappa shape index (κ2) is 4.11. The molecule has 1 N–H and O–H groups in total. The van der Waals surface area contributed by atoms with Gasteiger partial charge in [0, 0.05) is 24.9 Å². The van der Waals surface area contributed by atoms with Crippen LogP contribution in [0.3, 0.4) is 0 Å². The summed E-state index contributed by atoms with van der Waals surface area (Å²) in [5, 5.41) is 8.67. The molecule has 1 aromatic carbocycles. The van der Waals surface area contributed by atoms with Gasteiger partial charge in [-0.15, -0.1) is 0 Å². The standard InChI is InChI=1S/C7H4N2O2S2/c10-7(11)4-1-5(8-12)3-6(2-4)9-13/h1-3H,(H,10,11). The third-order valence-electron chi connectivity index (χ3n) is 1.36. The van der Waals surface area contributed by atoms with Crippen LogP contribution >= 0.6 is 0 Å². The topological polar surface area (TPSA) is 62.0 Å². The van der Waals surface area contributed by atoms with Gasteiger partial charge >= 0.3 is 5.97 Å². The summed E-state index contributed by atoms with van der Waals surface area (Å²) in [5.41, 5.74) is 0.826. The predicted octanol–water partition coefficient (Wildman–Crippen LogP) is 2.11. The molecular formula is C7H4N2O2S2. The fourth-order valence-electron chi connectivity index (χ4n) is 0.824. The van der Waals surface area contributed by atoms with Crippen LogP contribution in [0.1, 0.15) is 10.4 Å². The molecule has 6 heteroatoms. The number of hydrogen-bond acceptors (Lipinski definition) is 5. The molecule has 0 spiro atoms. The minimum absolute atomic E-state index is 0.0784. The third-order valence-corrected chi connectivity index (χ3v) is 1.78. The Kier molecular flexibility index (Phi) is 3.10. The van der Waals surface area contributed by atoms with E-state index < -0.39 is 5.97 Å². The normalized spacial score (nSPS) is 9.23. The lowest BCUT2D eigenvalue weighted by Gasteiger charge is -1.97. The molecule has 13 heavy (non-hydrogen) atoms. The molecule has 0 saturated heterocycles. The Morgan fingerprint density at radius 2 is 1.62 bits per heavy atom. The first-order valence-corrected chi connectivity index (χ1v) is 3.95. The Labute approximate surface area is 84.9 Å². The molecule has 0 heterocycles. The number of carboxylic acids is 1. The minimum atomic E-state index is -1.06. The van der Waals surface area contributed by atoms with Crippen molar-refractivity contribution < 1.29 is 9.90 Å². The molecule has 0 aliphatic rings. The zero-order valence-corrected chi connectivity index (χ0v) is 7.93. The fraction of sp³-hybridized carbons (Fsp3) is 0. The van der Waals surface area contributed by atoms with Gasteiger partial charge in [0.25, 0.3) is 0 Å². The van der Waals surface area contributed by atoms with Crippen molar-refractivity contribution in [2.45, 2.75) is 0 Å². The number of rotatable bonds is 3. The molecule has 0 aromatic heterocycles. The van der Waals surface area contributed by atoms with E-state index in [1.807, 2.05) is 0 Å². The molecule has 66 valence electrons. The first kappa shape index (κ1) is 9.82. The lowest BCUT2D eigenvalue weighted by molar-refractivity contribution is 0.0697. The van der Waals surface area contributed by atoms with E-state index in [9.17, 15) is 4.79 Å². The highest BCUT2D eigenvalue weighted by Gasteiger charge is 2.05. The second-order valence-corrected chi connectivity index (χ2v) is 2.59. The summed E-state index contributed by atoms with van der Waals surface area (Å²) in [6, 6.07) is 4.24. The number of benzene rings is 1. The van der Waals surface area contributed by atoms with Gasteiger partial charge in [-0.2, -0.15) is 8.73 Å². The van der Waals surface area contributed by atoms with Gasteiger partial charge in [-0.1, -0.05) is 0 Å². The zero-order valence-electron chi connectivity index (χ0n) is 6.30. The first-order valence-electron chi connectivity index (χ1n) is 3.22. The van der Waals surface area contributed by atoms with E-state index in [0.717, 1.165) is 0 Å². The van der Waals surface area contributed by atoms with Crippen molar-refractivity contribution in [2.24, 2.45) is 8.73 Å². The Hall–Kier alpha value is -1.27. The average molecular weight is 212 g/mol. The van der Waals surface area contributed by atoms with Crippen molar-refractivity contribution in [2.75, 3.05) is 0 Å². The second-order valence-electron chi connectivity index (χ2n) is 2.23. The van der Waals surface area contributed by atoms with Gasteiger partial charge in [-0.3, -0.25) is 0 Å². The van der Waals surface area contributed by atoms with Crippen LogP contribution in [0.25, 0.3) is 0 Å². The zero-order chi connectivity index (χ0) is 9.84. The van der Waals surface area contributed by atoms with Crippen molar-refractivity contribution in [1.82, 2.24) is 0 Å². The summed E-state index contributed by atoms with van der Waals surface area (Å²) >= 11 is 8.86. The van der Waals surface area contributed by atoms with Gasteiger partial charge in [0.2, 0.25) is 0 Å².